The van der Waals surface area contributed by atoms with Gasteiger partial charge in [0.25, 0.3) is 5.91 Å². The molecule has 0 radical (unpaired) electrons. The average molecular weight is 227 g/mol. The van der Waals surface area contributed by atoms with Crippen molar-refractivity contribution in [3.8, 4) is 17.5 Å². The third-order valence-corrected chi connectivity index (χ3v) is 2.09. The van der Waals surface area contributed by atoms with Crippen molar-refractivity contribution in [3.05, 3.63) is 42.3 Å². The van der Waals surface area contributed by atoms with Gasteiger partial charge >= 0.3 is 0 Å². The first-order valence-corrected chi connectivity index (χ1v) is 4.97. The van der Waals surface area contributed by atoms with Gasteiger partial charge in [-0.25, -0.2) is 4.98 Å². The van der Waals surface area contributed by atoms with E-state index in [0.29, 0.717) is 5.89 Å². The lowest BCUT2D eigenvalue weighted by atomic mass is 10.2. The minimum Gasteiger partial charge on any atom is -0.444 e. The van der Waals surface area contributed by atoms with Crippen LogP contribution in [0.15, 0.2) is 41.0 Å². The van der Waals surface area contributed by atoms with Gasteiger partial charge in [0.15, 0.2) is 5.69 Å². The molecule has 1 heterocycles. The maximum absolute atomic E-state index is 11.5. The Morgan fingerprint density at radius 1 is 1.41 bits per heavy atom. The Hall–Kier alpha value is -2.61. The number of hydrogen-bond acceptors (Lipinski definition) is 4. The summed E-state index contributed by atoms with van der Waals surface area (Å²) in [4.78, 5) is 15.5. The molecule has 0 unspecified atom stereocenters. The molecule has 0 bridgehead atoms. The Bertz CT molecular complexity index is 555. The number of hydrogen-bond donors (Lipinski definition) is 1. The highest BCUT2D eigenvalue weighted by atomic mass is 16.3. The van der Waals surface area contributed by atoms with E-state index >= 15 is 0 Å². The zero-order valence-corrected chi connectivity index (χ0v) is 8.88. The number of oxazole rings is 1. The molecule has 0 spiro atoms. The Morgan fingerprint density at radius 3 is 2.88 bits per heavy atom. The molecule has 5 nitrogen and oxygen atoms in total. The van der Waals surface area contributed by atoms with Gasteiger partial charge in [0.2, 0.25) is 5.89 Å². The molecule has 1 aromatic carbocycles. The number of carbonyl (C=O) groups excluding carboxylic acids is 1. The van der Waals surface area contributed by atoms with Crippen molar-refractivity contribution in [2.24, 2.45) is 0 Å². The van der Waals surface area contributed by atoms with Gasteiger partial charge in [-0.3, -0.25) is 4.79 Å². The van der Waals surface area contributed by atoms with Gasteiger partial charge in [0.1, 0.15) is 12.8 Å². The highest BCUT2D eigenvalue weighted by Crippen LogP contribution is 2.17. The van der Waals surface area contributed by atoms with Crippen LogP contribution in [0, 0.1) is 11.3 Å². The number of aromatic nitrogens is 1. The van der Waals surface area contributed by atoms with Crippen LogP contribution >= 0.6 is 0 Å². The van der Waals surface area contributed by atoms with Crippen LogP contribution in [0.4, 0.5) is 0 Å². The van der Waals surface area contributed by atoms with E-state index in [9.17, 15) is 4.79 Å². The van der Waals surface area contributed by atoms with Crippen molar-refractivity contribution in [1.29, 1.82) is 5.26 Å². The van der Waals surface area contributed by atoms with Crippen LogP contribution in [0.25, 0.3) is 11.5 Å². The molecule has 0 fully saturated rings. The largest absolute Gasteiger partial charge is 0.444 e. The highest BCUT2D eigenvalue weighted by molar-refractivity contribution is 5.92. The van der Waals surface area contributed by atoms with Gasteiger partial charge in [-0.2, -0.15) is 5.26 Å². The summed E-state index contributed by atoms with van der Waals surface area (Å²) in [6, 6.07) is 11.1. The van der Waals surface area contributed by atoms with Crippen molar-refractivity contribution >= 4 is 5.91 Å². The number of nitrogens with one attached hydrogen (secondary N) is 1. The first kappa shape index (κ1) is 10.9. The average Bonchev–Trinajstić information content (AvgIpc) is 2.86. The van der Waals surface area contributed by atoms with E-state index in [-0.39, 0.29) is 12.2 Å². The van der Waals surface area contributed by atoms with Crippen molar-refractivity contribution < 1.29 is 9.21 Å². The molecule has 17 heavy (non-hydrogen) atoms. The second-order valence-corrected chi connectivity index (χ2v) is 3.24. The lowest BCUT2D eigenvalue weighted by Gasteiger charge is -1.94. The Labute approximate surface area is 97.7 Å². The van der Waals surface area contributed by atoms with Gasteiger partial charge in [-0.15, -0.1) is 0 Å². The molecule has 0 aliphatic carbocycles. The monoisotopic (exact) mass is 227 g/mol. The standard InChI is InChI=1S/C12H9N3O2/c13-6-7-14-11(16)10-8-17-12(15-10)9-4-2-1-3-5-9/h1-5,8H,7H2,(H,14,16). The topological polar surface area (TPSA) is 78.9 Å². The molecule has 84 valence electrons. The fourth-order valence-corrected chi connectivity index (χ4v) is 1.30. The third kappa shape index (κ3) is 2.49. The summed E-state index contributed by atoms with van der Waals surface area (Å²) < 4.78 is 5.20. The third-order valence-electron chi connectivity index (χ3n) is 2.09. The lowest BCUT2D eigenvalue weighted by Crippen LogP contribution is -2.23. The molecule has 0 atom stereocenters. The zero-order chi connectivity index (χ0) is 12.1. The van der Waals surface area contributed by atoms with Crippen LogP contribution in [0.5, 0.6) is 0 Å². The van der Waals surface area contributed by atoms with Crippen molar-refractivity contribution in [3.63, 3.8) is 0 Å². The molecule has 1 amide bonds. The van der Waals surface area contributed by atoms with Gasteiger partial charge in [0, 0.05) is 5.56 Å². The van der Waals surface area contributed by atoms with Crippen LogP contribution in [-0.4, -0.2) is 17.4 Å². The second kappa shape index (κ2) is 4.94. The van der Waals surface area contributed by atoms with Crippen molar-refractivity contribution in [2.45, 2.75) is 0 Å². The summed E-state index contributed by atoms with van der Waals surface area (Å²) in [5, 5.41) is 10.7. The van der Waals surface area contributed by atoms with Crippen LogP contribution in [0.1, 0.15) is 10.5 Å². The van der Waals surface area contributed by atoms with E-state index in [1.165, 1.54) is 6.26 Å². The Kier molecular flexibility index (Phi) is 3.17. The van der Waals surface area contributed by atoms with Gasteiger partial charge in [0.05, 0.1) is 6.07 Å². The number of carbonyl (C=O) groups is 1. The molecule has 0 saturated heterocycles. The van der Waals surface area contributed by atoms with Gasteiger partial charge < -0.3 is 9.73 Å². The van der Waals surface area contributed by atoms with E-state index in [4.69, 9.17) is 9.68 Å². The molecule has 0 aliphatic rings. The molecule has 0 aliphatic heterocycles. The predicted octanol–water partition coefficient (Wildman–Crippen LogP) is 1.59. The molecule has 2 rings (SSSR count). The molecule has 1 aromatic heterocycles. The molecular formula is C12H9N3O2. The molecule has 1 N–H and O–H groups in total. The maximum Gasteiger partial charge on any atom is 0.274 e. The van der Waals surface area contributed by atoms with Crippen LogP contribution in [0.2, 0.25) is 0 Å². The number of nitrogens with zero attached hydrogens (tertiary/aromatic N) is 2. The summed E-state index contributed by atoms with van der Waals surface area (Å²) in [5.74, 6) is -0.0369. The fourth-order valence-electron chi connectivity index (χ4n) is 1.30. The maximum atomic E-state index is 11.5. The molecule has 5 heteroatoms. The van der Waals surface area contributed by atoms with E-state index in [0.717, 1.165) is 5.56 Å². The number of nitriles is 1. The first-order chi connectivity index (χ1) is 8.31. The quantitative estimate of drug-likeness (QED) is 0.807. The van der Waals surface area contributed by atoms with E-state index in [1.54, 1.807) is 0 Å². The lowest BCUT2D eigenvalue weighted by molar-refractivity contribution is 0.0953. The van der Waals surface area contributed by atoms with E-state index in [2.05, 4.69) is 10.3 Å². The predicted molar refractivity (Wildman–Crippen MR) is 59.9 cm³/mol. The smallest absolute Gasteiger partial charge is 0.274 e. The second-order valence-electron chi connectivity index (χ2n) is 3.24. The summed E-state index contributed by atoms with van der Waals surface area (Å²) in [7, 11) is 0. The van der Waals surface area contributed by atoms with Crippen LogP contribution < -0.4 is 5.32 Å². The van der Waals surface area contributed by atoms with Crippen molar-refractivity contribution in [2.75, 3.05) is 6.54 Å². The van der Waals surface area contributed by atoms with Crippen LogP contribution in [0.3, 0.4) is 0 Å². The van der Waals surface area contributed by atoms with E-state index < -0.39 is 5.91 Å². The zero-order valence-electron chi connectivity index (χ0n) is 8.88. The summed E-state index contributed by atoms with van der Waals surface area (Å²) >= 11 is 0. The number of amides is 1. The van der Waals surface area contributed by atoms with E-state index in [1.807, 2.05) is 36.4 Å². The van der Waals surface area contributed by atoms with Gasteiger partial charge in [-0.1, -0.05) is 18.2 Å². The van der Waals surface area contributed by atoms with Gasteiger partial charge in [-0.05, 0) is 12.1 Å². The first-order valence-electron chi connectivity index (χ1n) is 4.97. The highest BCUT2D eigenvalue weighted by Gasteiger charge is 2.12. The SMILES string of the molecule is N#CCNC(=O)c1coc(-c2ccccc2)n1. The molecule has 0 saturated carbocycles. The minimum atomic E-state index is -0.419. The summed E-state index contributed by atoms with van der Waals surface area (Å²) in [5.41, 5.74) is 0.964. The summed E-state index contributed by atoms with van der Waals surface area (Å²) in [6.45, 7) is -0.0492. The van der Waals surface area contributed by atoms with Crippen LogP contribution in [-0.2, 0) is 0 Å². The number of rotatable bonds is 3. The normalized spacial score (nSPS) is 9.59. The fraction of sp³-hybridized carbons (Fsp3) is 0.0833. The molecule has 2 aromatic rings. The molecular weight excluding hydrogens is 218 g/mol. The Balaban J connectivity index is 2.17. The number of benzene rings is 1. The summed E-state index contributed by atoms with van der Waals surface area (Å²) in [6.07, 6.45) is 1.27. The minimum absolute atomic E-state index is 0.0492. The van der Waals surface area contributed by atoms with Crippen molar-refractivity contribution in [1.82, 2.24) is 10.3 Å². The Morgan fingerprint density at radius 2 is 2.18 bits per heavy atom.